The van der Waals surface area contributed by atoms with Gasteiger partial charge in [-0.2, -0.15) is 0 Å². The van der Waals surface area contributed by atoms with Gasteiger partial charge in [0.25, 0.3) is 5.69 Å². The number of benzene rings is 1. The van der Waals surface area contributed by atoms with E-state index in [4.69, 9.17) is 4.74 Å². The molecule has 0 atom stereocenters. The molecule has 0 radical (unpaired) electrons. The highest BCUT2D eigenvalue weighted by Gasteiger charge is 2.21. The first-order valence-electron chi connectivity index (χ1n) is 6.28. The second-order valence-electron chi connectivity index (χ2n) is 5.39. The second kappa shape index (κ2) is 5.85. The fourth-order valence-electron chi connectivity index (χ4n) is 1.69. The van der Waals surface area contributed by atoms with E-state index in [-0.39, 0.29) is 16.0 Å². The minimum atomic E-state index is -0.390. The van der Waals surface area contributed by atoms with Gasteiger partial charge in [0.2, 0.25) is 0 Å². The third kappa shape index (κ3) is 3.72. The Bertz CT molecular complexity index is 422. The van der Waals surface area contributed by atoms with Crippen molar-refractivity contribution in [1.29, 1.82) is 0 Å². The number of rotatable bonds is 5. The standard InChI is InChI=1S/C14H21NO3/c1-5-6-9-18-13-10-11(15(16)17)7-8-12(13)14(2,3)4/h7-8,10H,5-6,9H2,1-4H3. The van der Waals surface area contributed by atoms with Crippen LogP contribution < -0.4 is 4.74 Å². The molecule has 18 heavy (non-hydrogen) atoms. The van der Waals surface area contributed by atoms with Gasteiger partial charge in [0, 0.05) is 6.07 Å². The molecule has 0 aliphatic heterocycles. The average molecular weight is 251 g/mol. The number of hydrogen-bond donors (Lipinski definition) is 0. The lowest BCUT2D eigenvalue weighted by molar-refractivity contribution is -0.385. The Balaban J connectivity index is 3.06. The molecule has 4 nitrogen and oxygen atoms in total. The molecule has 0 N–H and O–H groups in total. The SMILES string of the molecule is CCCCOc1cc([N+](=O)[O-])ccc1C(C)(C)C. The number of hydrogen-bond acceptors (Lipinski definition) is 3. The topological polar surface area (TPSA) is 52.4 Å². The summed E-state index contributed by atoms with van der Waals surface area (Å²) in [6, 6.07) is 4.85. The van der Waals surface area contributed by atoms with Crippen molar-refractivity contribution in [3.8, 4) is 5.75 Å². The van der Waals surface area contributed by atoms with Crippen molar-refractivity contribution in [2.75, 3.05) is 6.61 Å². The van der Waals surface area contributed by atoms with E-state index in [1.165, 1.54) is 12.1 Å². The zero-order chi connectivity index (χ0) is 13.8. The van der Waals surface area contributed by atoms with Gasteiger partial charge in [-0.1, -0.05) is 34.1 Å². The minimum absolute atomic E-state index is 0.0782. The Morgan fingerprint density at radius 3 is 2.50 bits per heavy atom. The van der Waals surface area contributed by atoms with E-state index in [1.54, 1.807) is 6.07 Å². The number of nitro benzene ring substituents is 1. The van der Waals surface area contributed by atoms with E-state index >= 15 is 0 Å². The molecule has 1 rings (SSSR count). The normalized spacial score (nSPS) is 11.3. The summed E-state index contributed by atoms with van der Waals surface area (Å²) in [4.78, 5) is 10.4. The summed E-state index contributed by atoms with van der Waals surface area (Å²) in [7, 11) is 0. The first-order valence-corrected chi connectivity index (χ1v) is 6.28. The van der Waals surface area contributed by atoms with Gasteiger partial charge in [-0.25, -0.2) is 0 Å². The van der Waals surface area contributed by atoms with Crippen molar-refractivity contribution >= 4 is 5.69 Å². The maximum atomic E-state index is 10.8. The molecule has 0 spiro atoms. The summed E-state index contributed by atoms with van der Waals surface area (Å²) in [5, 5.41) is 10.8. The molecule has 0 bridgehead atoms. The van der Waals surface area contributed by atoms with Crippen LogP contribution in [-0.4, -0.2) is 11.5 Å². The molecule has 0 saturated carbocycles. The van der Waals surface area contributed by atoms with Gasteiger partial charge in [0.1, 0.15) is 5.75 Å². The highest BCUT2D eigenvalue weighted by molar-refractivity contribution is 5.47. The lowest BCUT2D eigenvalue weighted by Gasteiger charge is -2.22. The molecule has 100 valence electrons. The fraction of sp³-hybridized carbons (Fsp3) is 0.571. The molecular weight excluding hydrogens is 230 g/mol. The lowest BCUT2D eigenvalue weighted by atomic mass is 9.86. The third-order valence-corrected chi connectivity index (χ3v) is 2.74. The second-order valence-corrected chi connectivity index (χ2v) is 5.39. The molecule has 0 saturated heterocycles. The quantitative estimate of drug-likeness (QED) is 0.450. The molecule has 0 heterocycles. The van der Waals surface area contributed by atoms with Crippen molar-refractivity contribution in [1.82, 2.24) is 0 Å². The van der Waals surface area contributed by atoms with Crippen molar-refractivity contribution in [3.63, 3.8) is 0 Å². The highest BCUT2D eigenvalue weighted by atomic mass is 16.6. The first-order chi connectivity index (χ1) is 8.36. The zero-order valence-corrected chi connectivity index (χ0v) is 11.5. The number of nitrogens with zero attached hydrogens (tertiary/aromatic N) is 1. The average Bonchev–Trinajstić information content (AvgIpc) is 2.27. The summed E-state index contributed by atoms with van der Waals surface area (Å²) < 4.78 is 5.69. The first kappa shape index (κ1) is 14.5. The lowest BCUT2D eigenvalue weighted by Crippen LogP contribution is -2.14. The maximum Gasteiger partial charge on any atom is 0.273 e. The Morgan fingerprint density at radius 2 is 2.00 bits per heavy atom. The summed E-state index contributed by atoms with van der Waals surface area (Å²) in [6.45, 7) is 8.89. The van der Waals surface area contributed by atoms with E-state index < -0.39 is 0 Å². The molecular formula is C14H21NO3. The van der Waals surface area contributed by atoms with E-state index in [0.717, 1.165) is 18.4 Å². The summed E-state index contributed by atoms with van der Waals surface area (Å²) >= 11 is 0. The Labute approximate surface area is 108 Å². The Morgan fingerprint density at radius 1 is 1.33 bits per heavy atom. The predicted molar refractivity (Wildman–Crippen MR) is 72.2 cm³/mol. The highest BCUT2D eigenvalue weighted by Crippen LogP contribution is 2.34. The molecule has 0 fully saturated rings. The third-order valence-electron chi connectivity index (χ3n) is 2.74. The van der Waals surface area contributed by atoms with Gasteiger partial charge < -0.3 is 4.74 Å². The van der Waals surface area contributed by atoms with Crippen LogP contribution in [0.2, 0.25) is 0 Å². The van der Waals surface area contributed by atoms with E-state index in [2.05, 4.69) is 27.7 Å². The summed E-state index contributed by atoms with van der Waals surface area (Å²) in [5.74, 6) is 0.630. The maximum absolute atomic E-state index is 10.8. The van der Waals surface area contributed by atoms with Crippen molar-refractivity contribution in [2.24, 2.45) is 0 Å². The van der Waals surface area contributed by atoms with E-state index in [0.29, 0.717) is 12.4 Å². The molecule has 0 amide bonds. The predicted octanol–water partition coefficient (Wildman–Crippen LogP) is 4.07. The van der Waals surface area contributed by atoms with Crippen molar-refractivity contribution < 1.29 is 9.66 Å². The molecule has 0 aliphatic carbocycles. The van der Waals surface area contributed by atoms with Gasteiger partial charge >= 0.3 is 0 Å². The van der Waals surface area contributed by atoms with E-state index in [9.17, 15) is 10.1 Å². The molecule has 1 aromatic carbocycles. The zero-order valence-electron chi connectivity index (χ0n) is 11.5. The summed E-state index contributed by atoms with van der Waals surface area (Å²) in [6.07, 6.45) is 1.99. The minimum Gasteiger partial charge on any atom is -0.493 e. The molecule has 1 aromatic rings. The van der Waals surface area contributed by atoms with Gasteiger partial charge in [-0.3, -0.25) is 10.1 Å². The number of non-ortho nitro benzene ring substituents is 1. The molecule has 0 aliphatic rings. The van der Waals surface area contributed by atoms with Crippen LogP contribution in [0.15, 0.2) is 18.2 Å². The van der Waals surface area contributed by atoms with Gasteiger partial charge in [-0.05, 0) is 23.5 Å². The molecule has 4 heteroatoms. The van der Waals surface area contributed by atoms with Crippen molar-refractivity contribution in [2.45, 2.75) is 46.0 Å². The molecule has 0 aromatic heterocycles. The van der Waals surface area contributed by atoms with Crippen LogP contribution in [0.4, 0.5) is 5.69 Å². The van der Waals surface area contributed by atoms with Crippen molar-refractivity contribution in [3.05, 3.63) is 33.9 Å². The monoisotopic (exact) mass is 251 g/mol. The van der Waals surface area contributed by atoms with Crippen LogP contribution in [-0.2, 0) is 5.41 Å². The van der Waals surface area contributed by atoms with Crippen LogP contribution in [0, 0.1) is 10.1 Å². The Kier molecular flexibility index (Phi) is 4.70. The van der Waals surface area contributed by atoms with Crippen LogP contribution in [0.25, 0.3) is 0 Å². The van der Waals surface area contributed by atoms with Crippen LogP contribution in [0.3, 0.4) is 0 Å². The van der Waals surface area contributed by atoms with Gasteiger partial charge in [0.15, 0.2) is 0 Å². The number of unbranched alkanes of at least 4 members (excludes halogenated alkanes) is 1. The Hall–Kier alpha value is -1.58. The van der Waals surface area contributed by atoms with Gasteiger partial charge in [0.05, 0.1) is 17.6 Å². The van der Waals surface area contributed by atoms with Crippen LogP contribution >= 0.6 is 0 Å². The van der Waals surface area contributed by atoms with E-state index in [1.807, 2.05) is 0 Å². The molecule has 0 unspecified atom stereocenters. The van der Waals surface area contributed by atoms with Crippen LogP contribution in [0.5, 0.6) is 5.75 Å². The van der Waals surface area contributed by atoms with Crippen LogP contribution in [0.1, 0.15) is 46.1 Å². The number of nitro groups is 1. The summed E-state index contributed by atoms with van der Waals surface area (Å²) in [5.41, 5.74) is 0.996. The van der Waals surface area contributed by atoms with Gasteiger partial charge in [-0.15, -0.1) is 0 Å². The number of ether oxygens (including phenoxy) is 1. The largest absolute Gasteiger partial charge is 0.493 e. The smallest absolute Gasteiger partial charge is 0.273 e. The fourth-order valence-corrected chi connectivity index (χ4v) is 1.69.